The fourth-order valence-corrected chi connectivity index (χ4v) is 3.64. The Morgan fingerprint density at radius 2 is 1.96 bits per heavy atom. The summed E-state index contributed by atoms with van der Waals surface area (Å²) in [6.45, 7) is 6.88. The first-order valence-electron chi connectivity index (χ1n) is 8.42. The van der Waals surface area contributed by atoms with Crippen LogP contribution in [0, 0.1) is 5.92 Å². The summed E-state index contributed by atoms with van der Waals surface area (Å²) in [6, 6.07) is 10.0. The largest absolute Gasteiger partial charge is 0.447 e. The Kier molecular flexibility index (Phi) is 4.66. The second kappa shape index (κ2) is 6.71. The summed E-state index contributed by atoms with van der Waals surface area (Å²) in [5, 5.41) is 0. The highest BCUT2D eigenvalue weighted by molar-refractivity contribution is 5.95. The van der Waals surface area contributed by atoms with Crippen LogP contribution < -0.4 is 0 Å². The molecule has 3 atom stereocenters. The number of benzene rings is 1. The zero-order valence-electron chi connectivity index (χ0n) is 13.8. The van der Waals surface area contributed by atoms with Crippen molar-refractivity contribution in [3.63, 3.8) is 0 Å². The molecule has 2 fully saturated rings. The SMILES string of the molecule is CCC1COC(=O)N1C(=O)C1CN(CC)CC1c1ccccc1. The van der Waals surface area contributed by atoms with Gasteiger partial charge in [-0.1, -0.05) is 44.2 Å². The third kappa shape index (κ3) is 2.98. The van der Waals surface area contributed by atoms with Gasteiger partial charge in [0, 0.05) is 19.0 Å². The first-order chi connectivity index (χ1) is 11.2. The molecule has 2 aliphatic rings. The Morgan fingerprint density at radius 1 is 1.22 bits per heavy atom. The first-order valence-corrected chi connectivity index (χ1v) is 8.42. The van der Waals surface area contributed by atoms with Crippen LogP contribution in [0.15, 0.2) is 30.3 Å². The topological polar surface area (TPSA) is 49.9 Å². The average molecular weight is 316 g/mol. The van der Waals surface area contributed by atoms with Crippen LogP contribution in [0.2, 0.25) is 0 Å². The van der Waals surface area contributed by atoms with Gasteiger partial charge in [-0.2, -0.15) is 0 Å². The summed E-state index contributed by atoms with van der Waals surface area (Å²) < 4.78 is 5.10. The van der Waals surface area contributed by atoms with Gasteiger partial charge in [-0.15, -0.1) is 0 Å². The minimum Gasteiger partial charge on any atom is -0.447 e. The highest BCUT2D eigenvalue weighted by atomic mass is 16.6. The third-order valence-electron chi connectivity index (χ3n) is 5.06. The molecule has 5 heteroatoms. The molecule has 0 aromatic heterocycles. The predicted molar refractivity (Wildman–Crippen MR) is 87.1 cm³/mol. The number of likely N-dealkylation sites (tertiary alicyclic amines) is 1. The molecule has 0 spiro atoms. The lowest BCUT2D eigenvalue weighted by atomic mass is 9.88. The third-order valence-corrected chi connectivity index (χ3v) is 5.06. The Balaban J connectivity index is 1.86. The fourth-order valence-electron chi connectivity index (χ4n) is 3.64. The number of nitrogens with zero attached hydrogens (tertiary/aromatic N) is 2. The monoisotopic (exact) mass is 316 g/mol. The Morgan fingerprint density at radius 3 is 2.61 bits per heavy atom. The van der Waals surface area contributed by atoms with Crippen molar-refractivity contribution in [1.29, 1.82) is 0 Å². The Labute approximate surface area is 137 Å². The molecular weight excluding hydrogens is 292 g/mol. The van der Waals surface area contributed by atoms with E-state index >= 15 is 0 Å². The maximum Gasteiger partial charge on any atom is 0.416 e. The second-order valence-electron chi connectivity index (χ2n) is 6.32. The second-order valence-corrected chi connectivity index (χ2v) is 6.32. The standard InChI is InChI=1S/C18H24N2O3/c1-3-14-12-23-18(22)20(14)17(21)16-11-19(4-2)10-15(16)13-8-6-5-7-9-13/h5-9,14-16H,3-4,10-12H2,1-2H3. The molecule has 2 amide bonds. The van der Waals surface area contributed by atoms with Gasteiger partial charge in [-0.05, 0) is 18.5 Å². The molecule has 0 N–H and O–H groups in total. The average Bonchev–Trinajstić information content (AvgIpc) is 3.18. The number of cyclic esters (lactones) is 1. The summed E-state index contributed by atoms with van der Waals surface area (Å²) in [5.41, 5.74) is 1.17. The van der Waals surface area contributed by atoms with Crippen molar-refractivity contribution < 1.29 is 14.3 Å². The number of amides is 2. The number of imide groups is 1. The number of likely N-dealkylation sites (N-methyl/N-ethyl adjacent to an activating group) is 1. The lowest BCUT2D eigenvalue weighted by molar-refractivity contribution is -0.133. The number of ether oxygens (including phenoxy) is 1. The maximum atomic E-state index is 13.1. The molecule has 5 nitrogen and oxygen atoms in total. The van der Waals surface area contributed by atoms with Crippen LogP contribution in [0.4, 0.5) is 4.79 Å². The van der Waals surface area contributed by atoms with E-state index in [2.05, 4.69) is 24.0 Å². The van der Waals surface area contributed by atoms with E-state index in [0.717, 1.165) is 19.5 Å². The van der Waals surface area contributed by atoms with Gasteiger partial charge in [0.1, 0.15) is 6.61 Å². The highest BCUT2D eigenvalue weighted by Crippen LogP contribution is 2.35. The van der Waals surface area contributed by atoms with E-state index in [1.54, 1.807) is 0 Å². The van der Waals surface area contributed by atoms with Gasteiger partial charge in [-0.25, -0.2) is 9.69 Å². The van der Waals surface area contributed by atoms with Crippen LogP contribution in [-0.2, 0) is 9.53 Å². The van der Waals surface area contributed by atoms with Crippen molar-refractivity contribution in [2.45, 2.75) is 32.2 Å². The van der Waals surface area contributed by atoms with E-state index in [1.165, 1.54) is 10.5 Å². The van der Waals surface area contributed by atoms with Crippen LogP contribution >= 0.6 is 0 Å². The zero-order valence-corrected chi connectivity index (χ0v) is 13.8. The summed E-state index contributed by atoms with van der Waals surface area (Å²) in [4.78, 5) is 28.7. The number of hydrogen-bond donors (Lipinski definition) is 0. The maximum absolute atomic E-state index is 13.1. The van der Waals surface area contributed by atoms with Gasteiger partial charge < -0.3 is 9.64 Å². The van der Waals surface area contributed by atoms with E-state index in [9.17, 15) is 9.59 Å². The lowest BCUT2D eigenvalue weighted by Crippen LogP contribution is -2.44. The minimum atomic E-state index is -0.483. The van der Waals surface area contributed by atoms with Crippen LogP contribution in [0.1, 0.15) is 31.7 Å². The Hall–Kier alpha value is -1.88. The van der Waals surface area contributed by atoms with Gasteiger partial charge in [0.2, 0.25) is 5.91 Å². The van der Waals surface area contributed by atoms with E-state index in [0.29, 0.717) is 13.2 Å². The zero-order chi connectivity index (χ0) is 16.4. The molecule has 23 heavy (non-hydrogen) atoms. The highest BCUT2D eigenvalue weighted by Gasteiger charge is 2.45. The van der Waals surface area contributed by atoms with Crippen molar-refractivity contribution in [2.75, 3.05) is 26.2 Å². The minimum absolute atomic E-state index is 0.0795. The summed E-state index contributed by atoms with van der Waals surface area (Å²) in [5.74, 6) is -0.129. The molecule has 1 aromatic rings. The van der Waals surface area contributed by atoms with Crippen molar-refractivity contribution >= 4 is 12.0 Å². The van der Waals surface area contributed by atoms with E-state index in [-0.39, 0.29) is 23.8 Å². The lowest BCUT2D eigenvalue weighted by Gasteiger charge is -2.25. The van der Waals surface area contributed by atoms with Gasteiger partial charge in [-0.3, -0.25) is 4.79 Å². The quantitative estimate of drug-likeness (QED) is 0.856. The summed E-state index contributed by atoms with van der Waals surface area (Å²) >= 11 is 0. The molecule has 2 aliphatic heterocycles. The molecule has 3 rings (SSSR count). The van der Waals surface area contributed by atoms with Crippen molar-refractivity contribution in [3.8, 4) is 0 Å². The van der Waals surface area contributed by atoms with Crippen LogP contribution in [0.5, 0.6) is 0 Å². The number of carbonyl (C=O) groups excluding carboxylic acids is 2. The normalized spacial score (nSPS) is 28.2. The predicted octanol–water partition coefficient (Wildman–Crippen LogP) is 2.48. The van der Waals surface area contributed by atoms with E-state index < -0.39 is 6.09 Å². The number of rotatable bonds is 4. The number of hydrogen-bond acceptors (Lipinski definition) is 4. The molecule has 1 aromatic carbocycles. The molecule has 3 unspecified atom stereocenters. The van der Waals surface area contributed by atoms with Gasteiger partial charge in [0.15, 0.2) is 0 Å². The van der Waals surface area contributed by atoms with Crippen molar-refractivity contribution in [3.05, 3.63) is 35.9 Å². The molecule has 124 valence electrons. The fraction of sp³-hybridized carbons (Fsp3) is 0.556. The van der Waals surface area contributed by atoms with Gasteiger partial charge in [0.05, 0.1) is 12.0 Å². The van der Waals surface area contributed by atoms with Crippen LogP contribution in [-0.4, -0.2) is 54.1 Å². The molecule has 0 saturated carbocycles. The van der Waals surface area contributed by atoms with Crippen LogP contribution in [0.3, 0.4) is 0 Å². The molecule has 2 saturated heterocycles. The van der Waals surface area contributed by atoms with Crippen LogP contribution in [0.25, 0.3) is 0 Å². The van der Waals surface area contributed by atoms with E-state index in [1.807, 2.05) is 25.1 Å². The molecule has 0 aliphatic carbocycles. The summed E-state index contributed by atoms with van der Waals surface area (Å²) in [6.07, 6.45) is 0.251. The van der Waals surface area contributed by atoms with Crippen molar-refractivity contribution in [2.24, 2.45) is 5.92 Å². The van der Waals surface area contributed by atoms with Gasteiger partial charge >= 0.3 is 6.09 Å². The van der Waals surface area contributed by atoms with Crippen molar-refractivity contribution in [1.82, 2.24) is 9.80 Å². The number of carbonyl (C=O) groups is 2. The Bertz CT molecular complexity index is 575. The summed E-state index contributed by atoms with van der Waals surface area (Å²) in [7, 11) is 0. The molecule has 2 heterocycles. The van der Waals surface area contributed by atoms with Gasteiger partial charge in [0.25, 0.3) is 0 Å². The first kappa shape index (κ1) is 16.0. The van der Waals surface area contributed by atoms with E-state index in [4.69, 9.17) is 4.74 Å². The smallest absolute Gasteiger partial charge is 0.416 e. The molecule has 0 radical (unpaired) electrons. The molecular formula is C18H24N2O3. The molecule has 0 bridgehead atoms.